The van der Waals surface area contributed by atoms with Crippen LogP contribution in [0, 0.1) is 5.92 Å². The van der Waals surface area contributed by atoms with Crippen LogP contribution in [-0.2, 0) is 4.74 Å². The van der Waals surface area contributed by atoms with Crippen molar-refractivity contribution in [1.82, 2.24) is 10.6 Å². The van der Waals surface area contributed by atoms with E-state index in [4.69, 9.17) is 4.74 Å². The average molecular weight is 270 g/mol. The fourth-order valence-corrected chi connectivity index (χ4v) is 2.49. The van der Waals surface area contributed by atoms with E-state index in [0.29, 0.717) is 18.6 Å². The molecule has 0 aromatic rings. The second kappa shape index (κ2) is 7.13. The molecule has 1 fully saturated rings. The molecule has 1 atom stereocenters. The number of carbonyl (C=O) groups is 1. The van der Waals surface area contributed by atoms with Gasteiger partial charge in [-0.05, 0) is 46.0 Å². The fraction of sp³-hybridized carbons (Fsp3) is 0.933. The Morgan fingerprint density at radius 2 is 2.00 bits per heavy atom. The van der Waals surface area contributed by atoms with Crippen LogP contribution >= 0.6 is 0 Å². The predicted octanol–water partition coefficient (Wildman–Crippen LogP) is 3.07. The maximum absolute atomic E-state index is 11.6. The van der Waals surface area contributed by atoms with Crippen molar-refractivity contribution in [2.24, 2.45) is 5.92 Å². The third kappa shape index (κ3) is 6.81. The minimum Gasteiger partial charge on any atom is -0.444 e. The Morgan fingerprint density at radius 1 is 1.37 bits per heavy atom. The summed E-state index contributed by atoms with van der Waals surface area (Å²) in [5, 5.41) is 6.50. The molecule has 1 saturated carbocycles. The second-order valence-corrected chi connectivity index (χ2v) is 6.81. The molecule has 1 rings (SSSR count). The van der Waals surface area contributed by atoms with E-state index in [2.05, 4.69) is 24.5 Å². The van der Waals surface area contributed by atoms with Gasteiger partial charge < -0.3 is 15.4 Å². The van der Waals surface area contributed by atoms with Crippen LogP contribution in [0.4, 0.5) is 4.79 Å². The summed E-state index contributed by atoms with van der Waals surface area (Å²) in [6, 6.07) is 0.988. The molecule has 0 saturated heterocycles. The van der Waals surface area contributed by atoms with E-state index in [1.807, 2.05) is 20.8 Å². The molecule has 0 aromatic heterocycles. The van der Waals surface area contributed by atoms with Gasteiger partial charge in [0.25, 0.3) is 0 Å². The molecule has 19 heavy (non-hydrogen) atoms. The lowest BCUT2D eigenvalue weighted by Gasteiger charge is -2.36. The topological polar surface area (TPSA) is 50.4 Å². The van der Waals surface area contributed by atoms with Gasteiger partial charge in [0.1, 0.15) is 5.60 Å². The molecule has 1 aliphatic carbocycles. The number of alkyl carbamates (subject to hydrolysis) is 1. The first-order chi connectivity index (χ1) is 8.80. The van der Waals surface area contributed by atoms with Crippen molar-refractivity contribution in [2.45, 2.75) is 78.0 Å². The highest BCUT2D eigenvalue weighted by Crippen LogP contribution is 2.26. The minimum absolute atomic E-state index is 0.322. The molecular weight excluding hydrogens is 240 g/mol. The highest BCUT2D eigenvalue weighted by atomic mass is 16.6. The van der Waals surface area contributed by atoms with Crippen molar-refractivity contribution >= 4 is 6.09 Å². The zero-order valence-electron chi connectivity index (χ0n) is 13.1. The Kier molecular flexibility index (Phi) is 6.11. The molecule has 4 nitrogen and oxygen atoms in total. The van der Waals surface area contributed by atoms with Gasteiger partial charge in [0.2, 0.25) is 0 Å². The highest BCUT2D eigenvalue weighted by Gasteiger charge is 2.27. The van der Waals surface area contributed by atoms with Crippen molar-refractivity contribution in [1.29, 1.82) is 0 Å². The fourth-order valence-electron chi connectivity index (χ4n) is 2.49. The Balaban J connectivity index is 2.26. The van der Waals surface area contributed by atoms with Crippen LogP contribution in [0.3, 0.4) is 0 Å². The van der Waals surface area contributed by atoms with E-state index in [0.717, 1.165) is 18.8 Å². The van der Waals surface area contributed by atoms with Crippen molar-refractivity contribution in [2.75, 3.05) is 6.54 Å². The van der Waals surface area contributed by atoms with Crippen molar-refractivity contribution in [3.8, 4) is 0 Å². The first-order valence-corrected chi connectivity index (χ1v) is 7.53. The van der Waals surface area contributed by atoms with Gasteiger partial charge in [-0.2, -0.15) is 0 Å². The predicted molar refractivity (Wildman–Crippen MR) is 78.3 cm³/mol. The molecule has 1 unspecified atom stereocenters. The van der Waals surface area contributed by atoms with E-state index in [-0.39, 0.29) is 6.09 Å². The van der Waals surface area contributed by atoms with Gasteiger partial charge in [-0.15, -0.1) is 0 Å². The van der Waals surface area contributed by atoms with Gasteiger partial charge in [-0.25, -0.2) is 4.79 Å². The van der Waals surface area contributed by atoms with Gasteiger partial charge in [-0.3, -0.25) is 0 Å². The molecule has 0 aliphatic heterocycles. The van der Waals surface area contributed by atoms with Crippen molar-refractivity contribution < 1.29 is 9.53 Å². The molecule has 0 spiro atoms. The summed E-state index contributed by atoms with van der Waals surface area (Å²) in [7, 11) is 0. The Labute approximate surface area is 117 Å². The third-order valence-corrected chi connectivity index (χ3v) is 3.37. The molecule has 112 valence electrons. The van der Waals surface area contributed by atoms with E-state index in [9.17, 15) is 4.79 Å². The molecule has 1 aliphatic rings. The Morgan fingerprint density at radius 3 is 2.47 bits per heavy atom. The first kappa shape index (κ1) is 16.3. The lowest BCUT2D eigenvalue weighted by Crippen LogP contribution is -2.50. The van der Waals surface area contributed by atoms with Crippen LogP contribution in [0.25, 0.3) is 0 Å². The lowest BCUT2D eigenvalue weighted by atomic mass is 9.81. The smallest absolute Gasteiger partial charge is 0.407 e. The standard InChI is InChI=1S/C15H30N2O2/c1-6-7-12(17-13-8-11(2)9-13)10-16-14(18)19-15(3,4)5/h11-13,17H,6-10H2,1-5H3,(H,16,18). The van der Waals surface area contributed by atoms with Gasteiger partial charge >= 0.3 is 6.09 Å². The van der Waals surface area contributed by atoms with Crippen LogP contribution in [0.15, 0.2) is 0 Å². The minimum atomic E-state index is -0.429. The summed E-state index contributed by atoms with van der Waals surface area (Å²) in [5.41, 5.74) is -0.429. The number of carbonyl (C=O) groups excluding carboxylic acids is 1. The van der Waals surface area contributed by atoms with Gasteiger partial charge in [0, 0.05) is 18.6 Å². The summed E-state index contributed by atoms with van der Waals surface area (Å²) in [5.74, 6) is 0.846. The van der Waals surface area contributed by atoms with E-state index < -0.39 is 5.60 Å². The zero-order chi connectivity index (χ0) is 14.5. The van der Waals surface area contributed by atoms with Crippen LogP contribution in [0.2, 0.25) is 0 Å². The van der Waals surface area contributed by atoms with Crippen molar-refractivity contribution in [3.05, 3.63) is 0 Å². The zero-order valence-corrected chi connectivity index (χ0v) is 13.1. The second-order valence-electron chi connectivity index (χ2n) is 6.81. The molecule has 2 N–H and O–H groups in total. The van der Waals surface area contributed by atoms with E-state index in [1.54, 1.807) is 0 Å². The summed E-state index contributed by atoms with van der Waals surface area (Å²) in [4.78, 5) is 11.6. The van der Waals surface area contributed by atoms with Crippen LogP contribution < -0.4 is 10.6 Å². The van der Waals surface area contributed by atoms with Crippen LogP contribution in [-0.4, -0.2) is 30.3 Å². The number of ether oxygens (including phenoxy) is 1. The number of nitrogens with one attached hydrogen (secondary N) is 2. The largest absolute Gasteiger partial charge is 0.444 e. The quantitative estimate of drug-likeness (QED) is 0.780. The summed E-state index contributed by atoms with van der Waals surface area (Å²) < 4.78 is 5.25. The monoisotopic (exact) mass is 270 g/mol. The lowest BCUT2D eigenvalue weighted by molar-refractivity contribution is 0.0518. The maximum atomic E-state index is 11.6. The van der Waals surface area contributed by atoms with Gasteiger partial charge in [0.05, 0.1) is 0 Å². The molecule has 0 heterocycles. The first-order valence-electron chi connectivity index (χ1n) is 7.53. The third-order valence-electron chi connectivity index (χ3n) is 3.37. The van der Waals surface area contributed by atoms with E-state index in [1.165, 1.54) is 12.8 Å². The molecule has 4 heteroatoms. The number of rotatable bonds is 6. The molecule has 0 radical (unpaired) electrons. The normalized spacial score (nSPS) is 24.5. The average Bonchev–Trinajstić information content (AvgIpc) is 2.21. The number of hydrogen-bond donors (Lipinski definition) is 2. The van der Waals surface area contributed by atoms with E-state index >= 15 is 0 Å². The summed E-state index contributed by atoms with van der Waals surface area (Å²) in [6.45, 7) is 10.7. The molecule has 0 bridgehead atoms. The van der Waals surface area contributed by atoms with Crippen molar-refractivity contribution in [3.63, 3.8) is 0 Å². The molecular formula is C15H30N2O2. The Hall–Kier alpha value is -0.770. The van der Waals surface area contributed by atoms with Gasteiger partial charge in [0.15, 0.2) is 0 Å². The molecule has 1 amide bonds. The Bertz CT molecular complexity index is 280. The van der Waals surface area contributed by atoms with Gasteiger partial charge in [-0.1, -0.05) is 20.3 Å². The highest BCUT2D eigenvalue weighted by molar-refractivity contribution is 5.67. The number of amides is 1. The summed E-state index contributed by atoms with van der Waals surface area (Å²) in [6.07, 6.45) is 4.40. The summed E-state index contributed by atoms with van der Waals surface area (Å²) >= 11 is 0. The number of hydrogen-bond acceptors (Lipinski definition) is 3. The van der Waals surface area contributed by atoms with Crippen LogP contribution in [0.1, 0.15) is 60.3 Å². The van der Waals surface area contributed by atoms with Crippen LogP contribution in [0.5, 0.6) is 0 Å². The maximum Gasteiger partial charge on any atom is 0.407 e. The SMILES string of the molecule is CCCC(CNC(=O)OC(C)(C)C)NC1CC(C)C1. The molecule has 0 aromatic carbocycles.